The van der Waals surface area contributed by atoms with Gasteiger partial charge in [-0.25, -0.2) is 0 Å². The molecule has 2 heterocycles. The predicted octanol–water partition coefficient (Wildman–Crippen LogP) is 1.71. The summed E-state index contributed by atoms with van der Waals surface area (Å²) in [6.45, 7) is 0.189. The number of ether oxygens (including phenoxy) is 1. The molecule has 0 fully saturated rings. The number of aliphatic hydroxyl groups is 1. The number of hydrogen-bond acceptors (Lipinski definition) is 5. The number of nitro groups is 1. The Balaban J connectivity index is 1.61. The number of nitrogens with one attached hydrogen (secondary N) is 1. The second kappa shape index (κ2) is 5.86. The SMILES string of the molecule is O=[N+]([O-])c1ccn(C[C@@H](O)COc2cccc3[nH]ccc23)n1. The molecule has 0 aliphatic heterocycles. The molecule has 1 aromatic carbocycles. The van der Waals surface area contributed by atoms with Crippen molar-refractivity contribution < 1.29 is 14.8 Å². The van der Waals surface area contributed by atoms with Crippen LogP contribution >= 0.6 is 0 Å². The number of H-pyrrole nitrogens is 1. The first-order chi connectivity index (χ1) is 10.6. The van der Waals surface area contributed by atoms with Gasteiger partial charge in [-0.05, 0) is 23.1 Å². The number of hydrogen-bond donors (Lipinski definition) is 2. The highest BCUT2D eigenvalue weighted by molar-refractivity contribution is 5.85. The summed E-state index contributed by atoms with van der Waals surface area (Å²) in [7, 11) is 0. The van der Waals surface area contributed by atoms with Gasteiger partial charge in [-0.3, -0.25) is 0 Å². The highest BCUT2D eigenvalue weighted by Gasteiger charge is 2.15. The summed E-state index contributed by atoms with van der Waals surface area (Å²) in [5.41, 5.74) is 0.953. The average Bonchev–Trinajstić information content (AvgIpc) is 3.13. The van der Waals surface area contributed by atoms with Gasteiger partial charge in [0.25, 0.3) is 0 Å². The Morgan fingerprint density at radius 1 is 1.41 bits per heavy atom. The molecule has 3 rings (SSSR count). The summed E-state index contributed by atoms with van der Waals surface area (Å²) in [4.78, 5) is 13.1. The van der Waals surface area contributed by atoms with E-state index in [0.29, 0.717) is 5.75 Å². The third kappa shape index (κ3) is 2.91. The Bertz CT molecular complexity index is 795. The van der Waals surface area contributed by atoms with Crippen LogP contribution in [0.1, 0.15) is 0 Å². The maximum absolute atomic E-state index is 10.5. The molecule has 0 saturated heterocycles. The van der Waals surface area contributed by atoms with Crippen molar-refractivity contribution in [2.45, 2.75) is 12.6 Å². The molecule has 3 aromatic rings. The zero-order valence-electron chi connectivity index (χ0n) is 11.5. The average molecular weight is 302 g/mol. The lowest BCUT2D eigenvalue weighted by atomic mass is 10.2. The topological polar surface area (TPSA) is 106 Å². The third-order valence-electron chi connectivity index (χ3n) is 3.20. The van der Waals surface area contributed by atoms with E-state index in [4.69, 9.17) is 4.74 Å². The Morgan fingerprint density at radius 3 is 3.05 bits per heavy atom. The van der Waals surface area contributed by atoms with Gasteiger partial charge in [0.1, 0.15) is 18.5 Å². The molecule has 0 aliphatic carbocycles. The van der Waals surface area contributed by atoms with Crippen molar-refractivity contribution >= 4 is 16.7 Å². The van der Waals surface area contributed by atoms with Crippen LogP contribution in [0.25, 0.3) is 10.9 Å². The van der Waals surface area contributed by atoms with E-state index in [1.54, 1.807) is 0 Å². The molecule has 22 heavy (non-hydrogen) atoms. The largest absolute Gasteiger partial charge is 0.490 e. The zero-order chi connectivity index (χ0) is 15.5. The molecule has 8 nitrogen and oxygen atoms in total. The standard InChI is InChI=1S/C14H14N4O4/c19-10(8-17-7-5-14(16-17)18(20)21)9-22-13-3-1-2-12-11(13)4-6-15-12/h1-7,10,15,19H,8-9H2/t10-/m1/s1. The number of benzene rings is 1. The van der Waals surface area contributed by atoms with Gasteiger partial charge >= 0.3 is 5.82 Å². The molecule has 0 amide bonds. The lowest BCUT2D eigenvalue weighted by molar-refractivity contribution is -0.389. The molecule has 1 atom stereocenters. The van der Waals surface area contributed by atoms with Gasteiger partial charge in [0, 0.05) is 17.1 Å². The first kappa shape index (κ1) is 14.1. The minimum Gasteiger partial charge on any atom is -0.490 e. The fourth-order valence-corrected chi connectivity index (χ4v) is 2.19. The Morgan fingerprint density at radius 2 is 2.27 bits per heavy atom. The zero-order valence-corrected chi connectivity index (χ0v) is 11.5. The van der Waals surface area contributed by atoms with Gasteiger partial charge in [0.2, 0.25) is 0 Å². The van der Waals surface area contributed by atoms with E-state index < -0.39 is 11.0 Å². The van der Waals surface area contributed by atoms with E-state index in [-0.39, 0.29) is 19.0 Å². The number of aromatic amines is 1. The van der Waals surface area contributed by atoms with Gasteiger partial charge in [0.15, 0.2) is 0 Å². The smallest absolute Gasteiger partial charge is 0.389 e. The Labute approximate surface area is 125 Å². The maximum atomic E-state index is 10.5. The summed E-state index contributed by atoms with van der Waals surface area (Å²) in [6.07, 6.45) is 2.44. The molecule has 2 aromatic heterocycles. The highest BCUT2D eigenvalue weighted by Crippen LogP contribution is 2.24. The van der Waals surface area contributed by atoms with Gasteiger partial charge in [-0.15, -0.1) is 0 Å². The molecular formula is C14H14N4O4. The number of aromatic nitrogens is 3. The van der Waals surface area contributed by atoms with Crippen molar-refractivity contribution in [1.29, 1.82) is 0 Å². The fourth-order valence-electron chi connectivity index (χ4n) is 2.19. The van der Waals surface area contributed by atoms with E-state index in [1.165, 1.54) is 16.9 Å². The third-order valence-corrected chi connectivity index (χ3v) is 3.20. The second-order valence-electron chi connectivity index (χ2n) is 4.81. The molecule has 0 bridgehead atoms. The van der Waals surface area contributed by atoms with Crippen molar-refractivity contribution in [2.24, 2.45) is 0 Å². The van der Waals surface area contributed by atoms with Crippen LogP contribution in [0.5, 0.6) is 5.75 Å². The van der Waals surface area contributed by atoms with Crippen LogP contribution in [0.4, 0.5) is 5.82 Å². The minimum absolute atomic E-state index is 0.0674. The Kier molecular flexibility index (Phi) is 3.75. The highest BCUT2D eigenvalue weighted by atomic mass is 16.6. The molecule has 0 radical (unpaired) electrons. The molecular weight excluding hydrogens is 288 g/mol. The van der Waals surface area contributed by atoms with E-state index in [1.807, 2.05) is 30.5 Å². The number of fused-ring (bicyclic) bond motifs is 1. The molecule has 0 spiro atoms. The predicted molar refractivity (Wildman–Crippen MR) is 78.7 cm³/mol. The van der Waals surface area contributed by atoms with Crippen LogP contribution in [0.3, 0.4) is 0 Å². The molecule has 0 saturated carbocycles. The fraction of sp³-hybridized carbons (Fsp3) is 0.214. The van der Waals surface area contributed by atoms with Gasteiger partial charge in [-0.2, -0.15) is 4.68 Å². The minimum atomic E-state index is -0.825. The molecule has 114 valence electrons. The monoisotopic (exact) mass is 302 g/mol. The number of aliphatic hydroxyl groups excluding tert-OH is 1. The summed E-state index contributed by atoms with van der Waals surface area (Å²) in [5.74, 6) is 0.425. The Hall–Kier alpha value is -2.87. The van der Waals surface area contributed by atoms with E-state index in [9.17, 15) is 15.2 Å². The van der Waals surface area contributed by atoms with Crippen LogP contribution in [0.15, 0.2) is 42.7 Å². The van der Waals surface area contributed by atoms with Gasteiger partial charge in [0.05, 0.1) is 23.9 Å². The van der Waals surface area contributed by atoms with Gasteiger partial charge < -0.3 is 24.9 Å². The van der Waals surface area contributed by atoms with Crippen LogP contribution in [0.2, 0.25) is 0 Å². The van der Waals surface area contributed by atoms with Crippen molar-refractivity contribution in [3.8, 4) is 5.75 Å². The first-order valence-electron chi connectivity index (χ1n) is 6.68. The summed E-state index contributed by atoms with van der Waals surface area (Å²) >= 11 is 0. The van der Waals surface area contributed by atoms with Crippen LogP contribution in [-0.4, -0.2) is 37.5 Å². The van der Waals surface area contributed by atoms with Crippen LogP contribution < -0.4 is 4.74 Å². The van der Waals surface area contributed by atoms with Crippen molar-refractivity contribution in [3.05, 3.63) is 52.8 Å². The van der Waals surface area contributed by atoms with E-state index in [2.05, 4.69) is 10.1 Å². The molecule has 0 unspecified atom stereocenters. The quantitative estimate of drug-likeness (QED) is 0.532. The van der Waals surface area contributed by atoms with Gasteiger partial charge in [-0.1, -0.05) is 6.07 Å². The van der Waals surface area contributed by atoms with Crippen LogP contribution in [-0.2, 0) is 6.54 Å². The lowest BCUT2D eigenvalue weighted by Crippen LogP contribution is -2.24. The first-order valence-corrected chi connectivity index (χ1v) is 6.68. The van der Waals surface area contributed by atoms with Crippen molar-refractivity contribution in [2.75, 3.05) is 6.61 Å². The van der Waals surface area contributed by atoms with Crippen molar-refractivity contribution in [3.63, 3.8) is 0 Å². The van der Waals surface area contributed by atoms with E-state index >= 15 is 0 Å². The van der Waals surface area contributed by atoms with Crippen LogP contribution in [0, 0.1) is 10.1 Å². The normalized spacial score (nSPS) is 12.4. The maximum Gasteiger partial charge on any atom is 0.389 e. The number of rotatable bonds is 6. The summed E-state index contributed by atoms with van der Waals surface area (Å²) in [6, 6.07) is 8.79. The summed E-state index contributed by atoms with van der Waals surface area (Å²) in [5, 5.41) is 25.2. The summed E-state index contributed by atoms with van der Waals surface area (Å²) < 4.78 is 6.94. The molecule has 0 aliphatic rings. The number of nitrogens with zero attached hydrogens (tertiary/aromatic N) is 3. The lowest BCUT2D eigenvalue weighted by Gasteiger charge is -2.11. The molecule has 8 heteroatoms. The second-order valence-corrected chi connectivity index (χ2v) is 4.81. The molecule has 2 N–H and O–H groups in total. The van der Waals surface area contributed by atoms with Crippen molar-refractivity contribution in [1.82, 2.24) is 14.8 Å². The van der Waals surface area contributed by atoms with E-state index in [0.717, 1.165) is 10.9 Å².